The summed E-state index contributed by atoms with van der Waals surface area (Å²) in [5.74, 6) is -0.641. The topological polar surface area (TPSA) is 90.3 Å². The van der Waals surface area contributed by atoms with Gasteiger partial charge in [0.15, 0.2) is 0 Å². The fraction of sp³-hybridized carbons (Fsp3) is 0.111. The lowest BCUT2D eigenvalue weighted by atomic mass is 10.2. The number of aromatic nitrogens is 2. The molecule has 3 aromatic rings. The number of nitrogens with one attached hydrogen (secondary N) is 1. The molecule has 1 aromatic heterocycles. The van der Waals surface area contributed by atoms with Crippen molar-refractivity contribution in [2.45, 2.75) is 11.4 Å². The summed E-state index contributed by atoms with van der Waals surface area (Å²) >= 11 is 6.01. The number of hydrogen-bond acceptors (Lipinski definition) is 5. The van der Waals surface area contributed by atoms with Gasteiger partial charge in [0, 0.05) is 24.6 Å². The Balaban J connectivity index is 1.76. The summed E-state index contributed by atoms with van der Waals surface area (Å²) in [6, 6.07) is 11.3. The number of benzene rings is 2. The van der Waals surface area contributed by atoms with Gasteiger partial charge in [-0.15, -0.1) is 0 Å². The number of imidazole rings is 1. The molecule has 0 aliphatic heterocycles. The molecule has 7 nitrogen and oxygen atoms in total. The van der Waals surface area contributed by atoms with Crippen molar-refractivity contribution in [3.63, 3.8) is 0 Å². The Labute approximate surface area is 161 Å². The van der Waals surface area contributed by atoms with Crippen molar-refractivity contribution < 1.29 is 17.9 Å². The van der Waals surface area contributed by atoms with Gasteiger partial charge in [-0.05, 0) is 35.9 Å². The van der Waals surface area contributed by atoms with Gasteiger partial charge in [0.1, 0.15) is 4.90 Å². The van der Waals surface area contributed by atoms with E-state index in [1.165, 1.54) is 25.3 Å². The van der Waals surface area contributed by atoms with E-state index in [0.29, 0.717) is 0 Å². The van der Waals surface area contributed by atoms with Crippen molar-refractivity contribution in [1.82, 2.24) is 14.3 Å². The van der Waals surface area contributed by atoms with E-state index in [1.54, 1.807) is 12.5 Å². The Kier molecular flexibility index (Phi) is 5.59. The van der Waals surface area contributed by atoms with Gasteiger partial charge in [0.05, 0.1) is 24.0 Å². The molecule has 2 aromatic carbocycles. The molecule has 0 radical (unpaired) electrons. The second-order valence-corrected chi connectivity index (χ2v) is 7.74. The SMILES string of the molecule is COC(=O)c1ccc(Cl)c(S(=O)(=O)NCc2ccc(-n3ccnc3)cc2)c1. The maximum absolute atomic E-state index is 12.6. The number of carbonyl (C=O) groups excluding carboxylic acids is 1. The van der Waals surface area contributed by atoms with E-state index < -0.39 is 16.0 Å². The quantitative estimate of drug-likeness (QED) is 0.637. The van der Waals surface area contributed by atoms with Crippen LogP contribution in [0.1, 0.15) is 15.9 Å². The first-order valence-corrected chi connectivity index (χ1v) is 9.71. The number of nitrogens with zero attached hydrogens (tertiary/aromatic N) is 2. The van der Waals surface area contributed by atoms with E-state index in [2.05, 4.69) is 14.4 Å². The summed E-state index contributed by atoms with van der Waals surface area (Å²) in [5, 5.41) is 0.0191. The van der Waals surface area contributed by atoms with E-state index in [0.717, 1.165) is 11.3 Å². The Hall–Kier alpha value is -2.68. The molecule has 9 heteroatoms. The number of esters is 1. The number of halogens is 1. The molecule has 0 amide bonds. The molecule has 0 saturated heterocycles. The van der Waals surface area contributed by atoms with Crippen LogP contribution in [0, 0.1) is 0 Å². The second-order valence-electron chi connectivity index (χ2n) is 5.60. The smallest absolute Gasteiger partial charge is 0.337 e. The third-order valence-electron chi connectivity index (χ3n) is 3.85. The molecule has 0 aliphatic carbocycles. The minimum Gasteiger partial charge on any atom is -0.465 e. The first-order valence-electron chi connectivity index (χ1n) is 7.85. The van der Waals surface area contributed by atoms with Crippen LogP contribution in [-0.4, -0.2) is 31.0 Å². The molecule has 140 valence electrons. The zero-order valence-electron chi connectivity index (χ0n) is 14.3. The molecule has 0 aliphatic rings. The molecule has 27 heavy (non-hydrogen) atoms. The zero-order chi connectivity index (χ0) is 19.4. The van der Waals surface area contributed by atoms with Crippen LogP contribution in [-0.2, 0) is 21.3 Å². The maximum atomic E-state index is 12.6. The van der Waals surface area contributed by atoms with Gasteiger partial charge in [-0.25, -0.2) is 22.9 Å². The van der Waals surface area contributed by atoms with Crippen molar-refractivity contribution in [3.8, 4) is 5.69 Å². The third kappa shape index (κ3) is 4.36. The third-order valence-corrected chi connectivity index (χ3v) is 5.73. The van der Waals surface area contributed by atoms with Crippen LogP contribution in [0.15, 0.2) is 66.1 Å². The number of ether oxygens (including phenoxy) is 1. The number of rotatable bonds is 6. The molecule has 1 N–H and O–H groups in total. The average Bonchev–Trinajstić information content (AvgIpc) is 3.21. The Bertz CT molecular complexity index is 1050. The van der Waals surface area contributed by atoms with Crippen molar-refractivity contribution in [2.24, 2.45) is 0 Å². The molecule has 0 saturated carbocycles. The summed E-state index contributed by atoms with van der Waals surface area (Å²) in [7, 11) is -2.69. The Morgan fingerprint density at radius 3 is 2.59 bits per heavy atom. The van der Waals surface area contributed by atoms with Gasteiger partial charge >= 0.3 is 5.97 Å². The predicted octanol–water partition coefficient (Wildman–Crippen LogP) is 2.79. The highest BCUT2D eigenvalue weighted by Crippen LogP contribution is 2.23. The lowest BCUT2D eigenvalue weighted by molar-refractivity contribution is 0.0600. The van der Waals surface area contributed by atoms with Crippen molar-refractivity contribution in [1.29, 1.82) is 0 Å². The number of methoxy groups -OCH3 is 1. The molecular formula is C18H16ClN3O4S. The highest BCUT2D eigenvalue weighted by atomic mass is 35.5. The van der Waals surface area contributed by atoms with Gasteiger partial charge in [-0.3, -0.25) is 0 Å². The largest absolute Gasteiger partial charge is 0.465 e. The normalized spacial score (nSPS) is 11.3. The van der Waals surface area contributed by atoms with Crippen molar-refractivity contribution >= 4 is 27.6 Å². The average molecular weight is 406 g/mol. The standard InChI is InChI=1S/C18H16ClN3O4S/c1-26-18(23)14-4-7-16(19)17(10-14)27(24,25)21-11-13-2-5-15(6-3-13)22-9-8-20-12-22/h2-10,12,21H,11H2,1H3. The van der Waals surface area contributed by atoms with Crippen LogP contribution in [0.25, 0.3) is 5.69 Å². The Morgan fingerprint density at radius 1 is 1.22 bits per heavy atom. The number of sulfonamides is 1. The molecule has 1 heterocycles. The van der Waals surface area contributed by atoms with Gasteiger partial charge in [0.2, 0.25) is 10.0 Å². The van der Waals surface area contributed by atoms with Crippen molar-refractivity contribution in [3.05, 3.63) is 77.3 Å². The predicted molar refractivity (Wildman–Crippen MR) is 100 cm³/mol. The minimum absolute atomic E-state index is 0.0191. The molecular weight excluding hydrogens is 390 g/mol. The summed E-state index contributed by atoms with van der Waals surface area (Å²) in [6.07, 6.45) is 5.16. The van der Waals surface area contributed by atoms with Crippen LogP contribution < -0.4 is 4.72 Å². The molecule has 0 fully saturated rings. The van der Waals surface area contributed by atoms with E-state index in [4.69, 9.17) is 11.6 Å². The molecule has 0 atom stereocenters. The van der Waals surface area contributed by atoms with Crippen LogP contribution in [0.3, 0.4) is 0 Å². The summed E-state index contributed by atoms with van der Waals surface area (Å²) in [5.41, 5.74) is 1.78. The maximum Gasteiger partial charge on any atom is 0.337 e. The zero-order valence-corrected chi connectivity index (χ0v) is 15.9. The minimum atomic E-state index is -3.91. The van der Waals surface area contributed by atoms with Crippen LogP contribution in [0.5, 0.6) is 0 Å². The van der Waals surface area contributed by atoms with Gasteiger partial charge < -0.3 is 9.30 Å². The highest BCUT2D eigenvalue weighted by Gasteiger charge is 2.20. The van der Waals surface area contributed by atoms with E-state index in [9.17, 15) is 13.2 Å². The van der Waals surface area contributed by atoms with E-state index >= 15 is 0 Å². The van der Waals surface area contributed by atoms with Gasteiger partial charge in [-0.2, -0.15) is 0 Å². The molecule has 0 spiro atoms. The second kappa shape index (κ2) is 7.91. The summed E-state index contributed by atoms with van der Waals surface area (Å²) in [4.78, 5) is 15.4. The van der Waals surface area contributed by atoms with Crippen LogP contribution >= 0.6 is 11.6 Å². The molecule has 0 bridgehead atoms. The first-order chi connectivity index (χ1) is 12.9. The van der Waals surface area contributed by atoms with Gasteiger partial charge in [0.25, 0.3) is 0 Å². The van der Waals surface area contributed by atoms with E-state index in [1.807, 2.05) is 35.0 Å². The summed E-state index contributed by atoms with van der Waals surface area (Å²) < 4.78 is 34.1. The Morgan fingerprint density at radius 2 is 1.96 bits per heavy atom. The van der Waals surface area contributed by atoms with Gasteiger partial charge in [-0.1, -0.05) is 23.7 Å². The number of hydrogen-bond donors (Lipinski definition) is 1. The lowest BCUT2D eigenvalue weighted by Crippen LogP contribution is -2.24. The monoisotopic (exact) mass is 405 g/mol. The van der Waals surface area contributed by atoms with Crippen molar-refractivity contribution in [2.75, 3.05) is 7.11 Å². The highest BCUT2D eigenvalue weighted by molar-refractivity contribution is 7.89. The fourth-order valence-corrected chi connectivity index (χ4v) is 3.95. The molecule has 3 rings (SSSR count). The summed E-state index contributed by atoms with van der Waals surface area (Å²) in [6.45, 7) is 0.0747. The van der Waals surface area contributed by atoms with Crippen LogP contribution in [0.2, 0.25) is 5.02 Å². The van der Waals surface area contributed by atoms with E-state index in [-0.39, 0.29) is 22.0 Å². The molecule has 0 unspecified atom stereocenters. The van der Waals surface area contributed by atoms with Crippen LogP contribution in [0.4, 0.5) is 0 Å². The fourth-order valence-electron chi connectivity index (χ4n) is 2.41. The number of carbonyl (C=O) groups is 1. The lowest BCUT2D eigenvalue weighted by Gasteiger charge is -2.10. The first kappa shape index (κ1) is 19.1.